The van der Waals surface area contributed by atoms with Crippen molar-refractivity contribution in [2.75, 3.05) is 12.1 Å². The van der Waals surface area contributed by atoms with E-state index in [1.807, 2.05) is 0 Å². The Kier molecular flexibility index (Phi) is 2.49. The lowest BCUT2D eigenvalue weighted by Gasteiger charge is -2.20. The molecule has 0 aliphatic carbocycles. The molecule has 1 amide bonds. The molecular formula is C10H7ClN2O3. The minimum atomic E-state index is -0.762. The fourth-order valence-electron chi connectivity index (χ4n) is 1.67. The maximum Gasteiger partial charge on any atom is 0.315 e. The van der Waals surface area contributed by atoms with Crippen LogP contribution in [-0.2, 0) is 4.79 Å². The van der Waals surface area contributed by atoms with Gasteiger partial charge in [0.25, 0.3) is 5.78 Å². The highest BCUT2D eigenvalue weighted by atomic mass is 35.5. The van der Waals surface area contributed by atoms with Gasteiger partial charge in [0.1, 0.15) is 0 Å². The summed E-state index contributed by atoms with van der Waals surface area (Å²) in [5, 5.41) is 1.02. The molecule has 1 aromatic carbocycles. The largest absolute Gasteiger partial charge is 0.315 e. The SMILES string of the molecule is CN(Cl)N1C(=O)C(=O)c2c(C=O)cccc21. The highest BCUT2D eigenvalue weighted by Crippen LogP contribution is 2.32. The van der Waals surface area contributed by atoms with Crippen molar-refractivity contribution >= 4 is 35.4 Å². The van der Waals surface area contributed by atoms with Gasteiger partial charge in [0, 0.05) is 24.4 Å². The lowest BCUT2D eigenvalue weighted by Crippen LogP contribution is -2.37. The second kappa shape index (κ2) is 3.70. The molecule has 0 spiro atoms. The van der Waals surface area contributed by atoms with Crippen LogP contribution >= 0.6 is 11.8 Å². The number of hydrogen-bond acceptors (Lipinski definition) is 4. The van der Waals surface area contributed by atoms with E-state index in [1.54, 1.807) is 12.1 Å². The van der Waals surface area contributed by atoms with Gasteiger partial charge in [-0.3, -0.25) is 14.4 Å². The number of fused-ring (bicyclic) bond motifs is 1. The molecule has 0 atom stereocenters. The number of rotatable bonds is 2. The van der Waals surface area contributed by atoms with Gasteiger partial charge in [-0.05, 0) is 6.07 Å². The lowest BCUT2D eigenvalue weighted by atomic mass is 10.1. The molecule has 1 heterocycles. The first-order valence-electron chi connectivity index (χ1n) is 4.44. The van der Waals surface area contributed by atoms with E-state index >= 15 is 0 Å². The molecule has 0 unspecified atom stereocenters. The Bertz CT molecular complexity index is 499. The van der Waals surface area contributed by atoms with Crippen LogP contribution in [0.25, 0.3) is 0 Å². The number of hydrazine groups is 1. The molecular weight excluding hydrogens is 232 g/mol. The molecule has 6 heteroatoms. The maximum absolute atomic E-state index is 11.7. The molecule has 0 radical (unpaired) electrons. The van der Waals surface area contributed by atoms with Crippen LogP contribution in [0.5, 0.6) is 0 Å². The molecule has 82 valence electrons. The topological polar surface area (TPSA) is 57.7 Å². The molecule has 0 bridgehead atoms. The van der Waals surface area contributed by atoms with Gasteiger partial charge in [-0.15, -0.1) is 4.53 Å². The quantitative estimate of drug-likeness (QED) is 0.439. The van der Waals surface area contributed by atoms with Crippen LogP contribution in [0.4, 0.5) is 5.69 Å². The van der Waals surface area contributed by atoms with E-state index in [0.29, 0.717) is 12.0 Å². The van der Waals surface area contributed by atoms with Crippen molar-refractivity contribution in [1.29, 1.82) is 0 Å². The third-order valence-electron chi connectivity index (χ3n) is 2.32. The number of nitrogens with zero attached hydrogens (tertiary/aromatic N) is 2. The van der Waals surface area contributed by atoms with Gasteiger partial charge in [0.15, 0.2) is 6.29 Å². The van der Waals surface area contributed by atoms with Gasteiger partial charge in [-0.1, -0.05) is 12.1 Å². The second-order valence-electron chi connectivity index (χ2n) is 3.25. The van der Waals surface area contributed by atoms with Crippen LogP contribution in [0.15, 0.2) is 18.2 Å². The summed E-state index contributed by atoms with van der Waals surface area (Å²) in [5.74, 6) is -1.48. The number of carbonyl (C=O) groups is 3. The zero-order valence-electron chi connectivity index (χ0n) is 8.31. The first-order chi connectivity index (χ1) is 7.57. The van der Waals surface area contributed by atoms with E-state index in [2.05, 4.69) is 0 Å². The van der Waals surface area contributed by atoms with Crippen LogP contribution in [0.1, 0.15) is 20.7 Å². The monoisotopic (exact) mass is 238 g/mol. The minimum Gasteiger partial charge on any atom is -0.298 e. The number of amides is 1. The Morgan fingerprint density at radius 2 is 2.06 bits per heavy atom. The van der Waals surface area contributed by atoms with Gasteiger partial charge < -0.3 is 0 Å². The van der Waals surface area contributed by atoms with Crippen LogP contribution in [0.3, 0.4) is 0 Å². The number of Topliss-reactive ketones (excluding diaryl/α,β-unsaturated/α-hetero) is 1. The third kappa shape index (κ3) is 1.33. The fraction of sp³-hybridized carbons (Fsp3) is 0.100. The average Bonchev–Trinajstić information content (AvgIpc) is 2.51. The van der Waals surface area contributed by atoms with Gasteiger partial charge in [-0.2, -0.15) is 0 Å². The van der Waals surface area contributed by atoms with Crippen molar-refractivity contribution in [3.8, 4) is 0 Å². The molecule has 1 aromatic rings. The van der Waals surface area contributed by atoms with E-state index in [4.69, 9.17) is 11.8 Å². The average molecular weight is 239 g/mol. The molecule has 0 saturated carbocycles. The van der Waals surface area contributed by atoms with Crippen LogP contribution in [0.2, 0.25) is 0 Å². The Labute approximate surface area is 96.3 Å². The molecule has 16 heavy (non-hydrogen) atoms. The third-order valence-corrected chi connectivity index (χ3v) is 2.47. The summed E-state index contributed by atoms with van der Waals surface area (Å²) in [5.41, 5.74) is 0.629. The number of carbonyl (C=O) groups excluding carboxylic acids is 3. The van der Waals surface area contributed by atoms with Gasteiger partial charge in [0.05, 0.1) is 11.3 Å². The smallest absolute Gasteiger partial charge is 0.298 e. The van der Waals surface area contributed by atoms with Gasteiger partial charge in [0.2, 0.25) is 0 Å². The van der Waals surface area contributed by atoms with Gasteiger partial charge in [-0.25, -0.2) is 5.01 Å². The highest BCUT2D eigenvalue weighted by molar-refractivity contribution is 6.53. The minimum absolute atomic E-state index is 0.106. The first kappa shape index (κ1) is 10.8. The van der Waals surface area contributed by atoms with Crippen LogP contribution < -0.4 is 5.01 Å². The Morgan fingerprint density at radius 3 is 2.62 bits per heavy atom. The molecule has 1 aliphatic rings. The van der Waals surface area contributed by atoms with Gasteiger partial charge >= 0.3 is 5.91 Å². The molecule has 0 fully saturated rings. The van der Waals surface area contributed by atoms with Crippen molar-refractivity contribution in [3.05, 3.63) is 29.3 Å². The number of halogens is 1. The number of hydrogen-bond donors (Lipinski definition) is 0. The molecule has 0 saturated heterocycles. The molecule has 1 aliphatic heterocycles. The van der Waals surface area contributed by atoms with E-state index in [1.165, 1.54) is 13.1 Å². The summed E-state index contributed by atoms with van der Waals surface area (Å²) in [6.07, 6.45) is 0.543. The van der Waals surface area contributed by atoms with Crippen molar-refractivity contribution in [3.63, 3.8) is 0 Å². The summed E-state index contributed by atoms with van der Waals surface area (Å²) < 4.78 is 0.987. The second-order valence-corrected chi connectivity index (χ2v) is 3.74. The lowest BCUT2D eigenvalue weighted by molar-refractivity contribution is -0.115. The summed E-state index contributed by atoms with van der Waals surface area (Å²) in [6.45, 7) is 0. The first-order valence-corrected chi connectivity index (χ1v) is 4.78. The van der Waals surface area contributed by atoms with Crippen molar-refractivity contribution < 1.29 is 14.4 Å². The number of benzene rings is 1. The molecule has 0 aromatic heterocycles. The normalized spacial score (nSPS) is 14.6. The van der Waals surface area contributed by atoms with Crippen molar-refractivity contribution in [2.24, 2.45) is 0 Å². The van der Waals surface area contributed by atoms with E-state index < -0.39 is 11.7 Å². The van der Waals surface area contributed by atoms with E-state index in [9.17, 15) is 14.4 Å². The van der Waals surface area contributed by atoms with E-state index in [-0.39, 0.29) is 11.1 Å². The maximum atomic E-state index is 11.7. The molecule has 2 rings (SSSR count). The van der Waals surface area contributed by atoms with Crippen LogP contribution in [0, 0.1) is 0 Å². The predicted octanol–water partition coefficient (Wildman–Crippen LogP) is 1.03. The molecule has 5 nitrogen and oxygen atoms in total. The summed E-state index contributed by atoms with van der Waals surface area (Å²) >= 11 is 5.67. The fourth-order valence-corrected chi connectivity index (χ4v) is 1.82. The molecule has 0 N–H and O–H groups in total. The van der Waals surface area contributed by atoms with Crippen LogP contribution in [-0.4, -0.2) is 29.6 Å². The zero-order chi connectivity index (χ0) is 11.9. The standard InChI is InChI=1S/C10H7ClN2O3/c1-12(11)13-7-4-2-3-6(5-14)8(7)9(15)10(13)16/h2-5H,1H3. The zero-order valence-corrected chi connectivity index (χ0v) is 9.06. The Morgan fingerprint density at radius 1 is 1.38 bits per heavy atom. The van der Waals surface area contributed by atoms with E-state index in [0.717, 1.165) is 9.54 Å². The Hall–Kier alpha value is -1.72. The van der Waals surface area contributed by atoms with Crippen molar-refractivity contribution in [1.82, 2.24) is 4.53 Å². The predicted molar refractivity (Wildman–Crippen MR) is 57.3 cm³/mol. The Balaban J connectivity index is 2.69. The van der Waals surface area contributed by atoms with Crippen molar-refractivity contribution in [2.45, 2.75) is 0 Å². The highest BCUT2D eigenvalue weighted by Gasteiger charge is 2.39. The number of ketones is 1. The summed E-state index contributed by atoms with van der Waals surface area (Å²) in [4.78, 5) is 34.0. The number of aldehydes is 1. The summed E-state index contributed by atoms with van der Waals surface area (Å²) in [7, 11) is 1.43. The summed E-state index contributed by atoms with van der Waals surface area (Å²) in [6, 6.07) is 4.63. The number of anilines is 1.